The predicted octanol–water partition coefficient (Wildman–Crippen LogP) is 2.77. The number of aromatic nitrogens is 1. The van der Waals surface area contributed by atoms with Crippen LogP contribution in [-0.2, 0) is 0 Å². The van der Waals surface area contributed by atoms with E-state index in [4.69, 9.17) is 9.52 Å². The summed E-state index contributed by atoms with van der Waals surface area (Å²) in [6.07, 6.45) is 0. The SMILES string of the molecule is Cc1nc(-c2ccccc2)oc1C(=O)O.Cl. The molecule has 0 radical (unpaired) electrons. The number of halogens is 1. The van der Waals surface area contributed by atoms with E-state index in [9.17, 15) is 4.79 Å². The third-order valence-corrected chi connectivity index (χ3v) is 2.01. The smallest absolute Gasteiger partial charge is 0.373 e. The minimum Gasteiger partial charge on any atom is -0.475 e. The number of nitrogens with zero attached hydrogens (tertiary/aromatic N) is 1. The van der Waals surface area contributed by atoms with Gasteiger partial charge in [0, 0.05) is 5.56 Å². The van der Waals surface area contributed by atoms with Crippen LogP contribution < -0.4 is 0 Å². The van der Waals surface area contributed by atoms with Crippen LogP contribution >= 0.6 is 12.4 Å². The summed E-state index contributed by atoms with van der Waals surface area (Å²) in [5.41, 5.74) is 1.16. The van der Waals surface area contributed by atoms with Crippen molar-refractivity contribution in [3.63, 3.8) is 0 Å². The van der Waals surface area contributed by atoms with Gasteiger partial charge in [-0.3, -0.25) is 0 Å². The first-order valence-electron chi connectivity index (χ1n) is 4.44. The van der Waals surface area contributed by atoms with Crippen LogP contribution in [0.2, 0.25) is 0 Å². The largest absolute Gasteiger partial charge is 0.475 e. The molecule has 84 valence electrons. The Morgan fingerprint density at radius 2 is 1.94 bits per heavy atom. The fourth-order valence-electron chi connectivity index (χ4n) is 1.30. The van der Waals surface area contributed by atoms with Crippen molar-refractivity contribution in [2.24, 2.45) is 0 Å². The number of carboxylic acids is 1. The molecule has 0 atom stereocenters. The minimum atomic E-state index is -1.10. The normalized spacial score (nSPS) is 9.56. The van der Waals surface area contributed by atoms with E-state index < -0.39 is 5.97 Å². The van der Waals surface area contributed by atoms with Gasteiger partial charge in [-0.25, -0.2) is 9.78 Å². The van der Waals surface area contributed by atoms with Crippen LogP contribution in [0, 0.1) is 6.92 Å². The highest BCUT2D eigenvalue weighted by atomic mass is 35.5. The van der Waals surface area contributed by atoms with Gasteiger partial charge in [0.25, 0.3) is 0 Å². The van der Waals surface area contributed by atoms with Gasteiger partial charge in [-0.05, 0) is 19.1 Å². The molecule has 0 amide bonds. The molecule has 0 aliphatic heterocycles. The van der Waals surface area contributed by atoms with Gasteiger partial charge in [-0.1, -0.05) is 18.2 Å². The highest BCUT2D eigenvalue weighted by Crippen LogP contribution is 2.21. The molecule has 2 aromatic rings. The number of carboxylic acid groups (broad SMARTS) is 1. The van der Waals surface area contributed by atoms with E-state index in [0.717, 1.165) is 5.56 Å². The molecule has 0 aliphatic carbocycles. The average molecular weight is 240 g/mol. The number of aryl methyl sites for hydroxylation is 1. The summed E-state index contributed by atoms with van der Waals surface area (Å²) in [5, 5.41) is 8.79. The van der Waals surface area contributed by atoms with Crippen LogP contribution in [0.15, 0.2) is 34.7 Å². The lowest BCUT2D eigenvalue weighted by molar-refractivity contribution is 0.0662. The molecule has 16 heavy (non-hydrogen) atoms. The lowest BCUT2D eigenvalue weighted by Crippen LogP contribution is -1.95. The van der Waals surface area contributed by atoms with Crippen LogP contribution in [0.1, 0.15) is 16.2 Å². The van der Waals surface area contributed by atoms with E-state index in [2.05, 4.69) is 4.98 Å². The van der Waals surface area contributed by atoms with Crippen molar-refractivity contribution in [1.82, 2.24) is 4.98 Å². The van der Waals surface area contributed by atoms with Gasteiger partial charge >= 0.3 is 5.97 Å². The van der Waals surface area contributed by atoms with Crippen molar-refractivity contribution in [1.29, 1.82) is 0 Å². The van der Waals surface area contributed by atoms with Crippen molar-refractivity contribution in [2.75, 3.05) is 0 Å². The van der Waals surface area contributed by atoms with Crippen LogP contribution in [0.5, 0.6) is 0 Å². The lowest BCUT2D eigenvalue weighted by Gasteiger charge is -1.92. The Bertz CT molecular complexity index is 493. The van der Waals surface area contributed by atoms with Crippen LogP contribution in [0.3, 0.4) is 0 Å². The standard InChI is InChI=1S/C11H9NO3.ClH/c1-7-9(11(13)14)15-10(12-7)8-5-3-2-4-6-8;/h2-6H,1H3,(H,13,14);1H. The molecule has 0 bridgehead atoms. The maximum absolute atomic E-state index is 10.7. The van der Waals surface area contributed by atoms with Crippen molar-refractivity contribution in [3.05, 3.63) is 41.8 Å². The number of carbonyl (C=O) groups is 1. The molecule has 1 N–H and O–H groups in total. The van der Waals surface area contributed by atoms with Gasteiger partial charge in [0.1, 0.15) is 0 Å². The molecule has 0 spiro atoms. The Hall–Kier alpha value is -1.81. The van der Waals surface area contributed by atoms with Crippen molar-refractivity contribution in [3.8, 4) is 11.5 Å². The Kier molecular flexibility index (Phi) is 3.68. The molecule has 2 rings (SSSR count). The molecule has 1 heterocycles. The molecule has 4 nitrogen and oxygen atoms in total. The molecule has 0 saturated heterocycles. The maximum Gasteiger partial charge on any atom is 0.373 e. The van der Waals surface area contributed by atoms with E-state index >= 15 is 0 Å². The summed E-state index contributed by atoms with van der Waals surface area (Å²) in [6, 6.07) is 9.19. The van der Waals surface area contributed by atoms with E-state index in [-0.39, 0.29) is 18.2 Å². The number of rotatable bonds is 2. The molecule has 0 unspecified atom stereocenters. The van der Waals surface area contributed by atoms with Crippen LogP contribution in [0.25, 0.3) is 11.5 Å². The second kappa shape index (κ2) is 4.81. The third-order valence-electron chi connectivity index (χ3n) is 2.01. The Morgan fingerprint density at radius 3 is 2.44 bits per heavy atom. The molecular weight excluding hydrogens is 230 g/mol. The fraction of sp³-hybridized carbons (Fsp3) is 0.0909. The van der Waals surface area contributed by atoms with Crippen LogP contribution in [-0.4, -0.2) is 16.1 Å². The highest BCUT2D eigenvalue weighted by Gasteiger charge is 2.16. The summed E-state index contributed by atoms with van der Waals surface area (Å²) < 4.78 is 5.15. The maximum atomic E-state index is 10.7. The van der Waals surface area contributed by atoms with Gasteiger partial charge in [-0.2, -0.15) is 0 Å². The van der Waals surface area contributed by atoms with Gasteiger partial charge in [0.05, 0.1) is 5.69 Å². The minimum absolute atomic E-state index is 0. The Labute approximate surface area is 98.3 Å². The molecule has 0 saturated carbocycles. The lowest BCUT2D eigenvalue weighted by atomic mass is 10.2. The molecule has 5 heteroatoms. The number of aromatic carboxylic acids is 1. The Balaban J connectivity index is 0.00000128. The number of hydrogen-bond donors (Lipinski definition) is 1. The highest BCUT2D eigenvalue weighted by molar-refractivity contribution is 5.86. The first-order chi connectivity index (χ1) is 7.18. The second-order valence-electron chi connectivity index (χ2n) is 3.10. The fourth-order valence-corrected chi connectivity index (χ4v) is 1.30. The molecule has 0 fully saturated rings. The summed E-state index contributed by atoms with van der Waals surface area (Å²) in [5.74, 6) is -0.860. The Morgan fingerprint density at radius 1 is 1.31 bits per heavy atom. The van der Waals surface area contributed by atoms with Crippen molar-refractivity contribution in [2.45, 2.75) is 6.92 Å². The first-order valence-corrected chi connectivity index (χ1v) is 4.44. The summed E-state index contributed by atoms with van der Waals surface area (Å²) in [6.45, 7) is 1.61. The van der Waals surface area contributed by atoms with Gasteiger partial charge in [0.15, 0.2) is 0 Å². The van der Waals surface area contributed by atoms with E-state index in [1.807, 2.05) is 30.3 Å². The second-order valence-corrected chi connectivity index (χ2v) is 3.10. The van der Waals surface area contributed by atoms with E-state index in [0.29, 0.717) is 11.6 Å². The third kappa shape index (κ3) is 2.23. The predicted molar refractivity (Wildman–Crippen MR) is 60.9 cm³/mol. The van der Waals surface area contributed by atoms with Gasteiger partial charge < -0.3 is 9.52 Å². The van der Waals surface area contributed by atoms with Crippen molar-refractivity contribution >= 4 is 18.4 Å². The average Bonchev–Trinajstić information content (AvgIpc) is 2.62. The summed E-state index contributed by atoms with van der Waals surface area (Å²) in [7, 11) is 0. The molecule has 1 aromatic carbocycles. The van der Waals surface area contributed by atoms with Crippen LogP contribution in [0.4, 0.5) is 0 Å². The molecule has 1 aromatic heterocycles. The zero-order valence-corrected chi connectivity index (χ0v) is 9.32. The first kappa shape index (κ1) is 12.3. The number of hydrogen-bond acceptors (Lipinski definition) is 3. The van der Waals surface area contributed by atoms with Gasteiger partial charge in [-0.15, -0.1) is 12.4 Å². The number of oxazole rings is 1. The summed E-state index contributed by atoms with van der Waals surface area (Å²) in [4.78, 5) is 14.8. The van der Waals surface area contributed by atoms with Gasteiger partial charge in [0.2, 0.25) is 11.7 Å². The van der Waals surface area contributed by atoms with E-state index in [1.165, 1.54) is 0 Å². The monoisotopic (exact) mass is 239 g/mol. The number of benzene rings is 1. The quantitative estimate of drug-likeness (QED) is 0.875. The molecule has 0 aliphatic rings. The zero-order valence-electron chi connectivity index (χ0n) is 8.51. The summed E-state index contributed by atoms with van der Waals surface area (Å²) >= 11 is 0. The zero-order chi connectivity index (χ0) is 10.8. The van der Waals surface area contributed by atoms with E-state index in [1.54, 1.807) is 6.92 Å². The topological polar surface area (TPSA) is 63.3 Å². The van der Waals surface area contributed by atoms with Crippen molar-refractivity contribution < 1.29 is 14.3 Å². The molecular formula is C11H10ClNO3.